The molecule has 0 aromatic heterocycles. The van der Waals surface area contributed by atoms with Crippen molar-refractivity contribution in [2.24, 2.45) is 0 Å². The topological polar surface area (TPSA) is 75.5 Å². The first kappa shape index (κ1) is 17.0. The van der Waals surface area contributed by atoms with Gasteiger partial charge >= 0.3 is 0 Å². The number of anilines is 2. The van der Waals surface area contributed by atoms with Gasteiger partial charge in [-0.2, -0.15) is 0 Å². The summed E-state index contributed by atoms with van der Waals surface area (Å²) in [5.74, 6) is -0.342. The molecule has 6 nitrogen and oxygen atoms in total. The van der Waals surface area contributed by atoms with Crippen LogP contribution in [0.15, 0.2) is 48.5 Å². The Morgan fingerprint density at radius 2 is 1.72 bits per heavy atom. The Kier molecular flexibility index (Phi) is 5.28. The van der Waals surface area contributed by atoms with Crippen molar-refractivity contribution >= 4 is 23.0 Å². The van der Waals surface area contributed by atoms with E-state index in [1.807, 2.05) is 24.3 Å². The third-order valence-corrected chi connectivity index (χ3v) is 4.42. The fourth-order valence-corrected chi connectivity index (χ4v) is 3.12. The number of nitrogens with one attached hydrogen (secondary N) is 1. The number of carbonyl (C=O) groups is 1. The number of hydrogen-bond donors (Lipinski definition) is 1. The van der Waals surface area contributed by atoms with E-state index in [-0.39, 0.29) is 17.2 Å². The van der Waals surface area contributed by atoms with E-state index in [1.165, 1.54) is 31.0 Å². The van der Waals surface area contributed by atoms with E-state index >= 15 is 0 Å². The number of hydrogen-bond acceptors (Lipinski definition) is 4. The van der Waals surface area contributed by atoms with Gasteiger partial charge in [-0.25, -0.2) is 0 Å². The van der Waals surface area contributed by atoms with Crippen molar-refractivity contribution in [2.75, 3.05) is 23.3 Å². The van der Waals surface area contributed by atoms with Gasteiger partial charge in [-0.1, -0.05) is 31.0 Å². The highest BCUT2D eigenvalue weighted by Gasteiger charge is 2.16. The number of benzene rings is 2. The maximum Gasteiger partial charge on any atom is 0.270 e. The van der Waals surface area contributed by atoms with E-state index in [2.05, 4.69) is 10.2 Å². The van der Waals surface area contributed by atoms with Gasteiger partial charge in [0.15, 0.2) is 0 Å². The molecule has 2 aromatic carbocycles. The summed E-state index contributed by atoms with van der Waals surface area (Å²) in [5.41, 5.74) is 1.93. The Hall–Kier alpha value is -2.89. The Labute approximate surface area is 146 Å². The van der Waals surface area contributed by atoms with Gasteiger partial charge < -0.3 is 10.2 Å². The van der Waals surface area contributed by atoms with E-state index in [0.717, 1.165) is 37.3 Å². The highest BCUT2D eigenvalue weighted by atomic mass is 16.6. The van der Waals surface area contributed by atoms with Crippen molar-refractivity contribution in [1.82, 2.24) is 0 Å². The van der Waals surface area contributed by atoms with Gasteiger partial charge in [-0.15, -0.1) is 0 Å². The van der Waals surface area contributed by atoms with Crippen molar-refractivity contribution in [3.05, 3.63) is 64.2 Å². The fraction of sp³-hybridized carbons (Fsp3) is 0.316. The molecule has 0 unspecified atom stereocenters. The summed E-state index contributed by atoms with van der Waals surface area (Å²) in [6, 6.07) is 13.5. The first-order valence-electron chi connectivity index (χ1n) is 8.55. The maximum atomic E-state index is 12.5. The Morgan fingerprint density at radius 1 is 1.00 bits per heavy atom. The number of rotatable bonds is 4. The molecule has 0 aliphatic carbocycles. The first-order chi connectivity index (χ1) is 12.1. The van der Waals surface area contributed by atoms with Gasteiger partial charge in [-0.05, 0) is 31.0 Å². The highest BCUT2D eigenvalue weighted by Crippen LogP contribution is 2.28. The minimum Gasteiger partial charge on any atom is -0.370 e. The van der Waals surface area contributed by atoms with Gasteiger partial charge in [-0.3, -0.25) is 14.9 Å². The SMILES string of the molecule is O=C(Nc1ccccc1N1CCCCCC1)c1cccc([N+](=O)[O-])c1. The molecule has 1 amide bonds. The number of nitrogens with zero attached hydrogens (tertiary/aromatic N) is 2. The number of carbonyl (C=O) groups excluding carboxylic acids is 1. The second-order valence-corrected chi connectivity index (χ2v) is 6.18. The molecule has 1 aliphatic heterocycles. The molecular weight excluding hydrogens is 318 g/mol. The average Bonchev–Trinajstić information content (AvgIpc) is 2.91. The summed E-state index contributed by atoms with van der Waals surface area (Å²) < 4.78 is 0. The van der Waals surface area contributed by atoms with Crippen molar-refractivity contribution < 1.29 is 9.72 Å². The predicted octanol–water partition coefficient (Wildman–Crippen LogP) is 4.23. The third-order valence-electron chi connectivity index (χ3n) is 4.42. The smallest absolute Gasteiger partial charge is 0.270 e. The lowest BCUT2D eigenvalue weighted by atomic mass is 10.1. The molecule has 2 aromatic rings. The maximum absolute atomic E-state index is 12.5. The van der Waals surface area contributed by atoms with Crippen LogP contribution in [0.5, 0.6) is 0 Å². The number of para-hydroxylation sites is 2. The standard InChI is InChI=1S/C19H21N3O3/c23-19(15-8-7-9-16(14-15)22(24)25)20-17-10-3-4-11-18(17)21-12-5-1-2-6-13-21/h3-4,7-11,14H,1-2,5-6,12-13H2,(H,20,23). The Bertz CT molecular complexity index is 768. The summed E-state index contributed by atoms with van der Waals surface area (Å²) in [5, 5.41) is 13.8. The molecule has 25 heavy (non-hydrogen) atoms. The first-order valence-corrected chi connectivity index (χ1v) is 8.55. The van der Waals surface area contributed by atoms with Gasteiger partial charge in [0.2, 0.25) is 0 Å². The quantitative estimate of drug-likeness (QED) is 0.668. The molecule has 0 saturated carbocycles. The van der Waals surface area contributed by atoms with Crippen LogP contribution < -0.4 is 10.2 Å². The van der Waals surface area contributed by atoms with Gasteiger partial charge in [0, 0.05) is 30.8 Å². The largest absolute Gasteiger partial charge is 0.370 e. The van der Waals surface area contributed by atoms with E-state index in [9.17, 15) is 14.9 Å². The normalized spacial score (nSPS) is 14.6. The van der Waals surface area contributed by atoms with Crippen molar-refractivity contribution in [2.45, 2.75) is 25.7 Å². The fourth-order valence-electron chi connectivity index (χ4n) is 3.12. The molecule has 1 saturated heterocycles. The van der Waals surface area contributed by atoms with Crippen LogP contribution in [-0.4, -0.2) is 23.9 Å². The zero-order valence-corrected chi connectivity index (χ0v) is 14.0. The lowest BCUT2D eigenvalue weighted by Gasteiger charge is -2.25. The monoisotopic (exact) mass is 339 g/mol. The van der Waals surface area contributed by atoms with Crippen LogP contribution in [0.2, 0.25) is 0 Å². The van der Waals surface area contributed by atoms with Crippen LogP contribution in [0.25, 0.3) is 0 Å². The number of amides is 1. The van der Waals surface area contributed by atoms with Crippen LogP contribution in [0.3, 0.4) is 0 Å². The molecule has 0 spiro atoms. The Balaban J connectivity index is 1.82. The van der Waals surface area contributed by atoms with Crippen molar-refractivity contribution in [3.63, 3.8) is 0 Å². The molecule has 0 bridgehead atoms. The molecule has 1 N–H and O–H groups in total. The van der Waals surface area contributed by atoms with Crippen LogP contribution in [0.1, 0.15) is 36.0 Å². The highest BCUT2D eigenvalue weighted by molar-refractivity contribution is 6.06. The zero-order chi connectivity index (χ0) is 17.6. The lowest BCUT2D eigenvalue weighted by Crippen LogP contribution is -2.25. The van der Waals surface area contributed by atoms with Gasteiger partial charge in [0.25, 0.3) is 11.6 Å². The van der Waals surface area contributed by atoms with Crippen LogP contribution in [0.4, 0.5) is 17.1 Å². The molecular formula is C19H21N3O3. The minimum atomic E-state index is -0.498. The zero-order valence-electron chi connectivity index (χ0n) is 14.0. The molecule has 6 heteroatoms. The summed E-state index contributed by atoms with van der Waals surface area (Å²) >= 11 is 0. The van der Waals surface area contributed by atoms with Crippen LogP contribution >= 0.6 is 0 Å². The predicted molar refractivity (Wildman–Crippen MR) is 98.2 cm³/mol. The molecule has 3 rings (SSSR count). The molecule has 1 heterocycles. The number of nitro groups is 1. The summed E-state index contributed by atoms with van der Waals surface area (Å²) in [7, 11) is 0. The van der Waals surface area contributed by atoms with Crippen molar-refractivity contribution in [3.8, 4) is 0 Å². The molecule has 0 radical (unpaired) electrons. The summed E-state index contributed by atoms with van der Waals surface area (Å²) in [6.45, 7) is 1.95. The van der Waals surface area contributed by atoms with E-state index in [4.69, 9.17) is 0 Å². The second kappa shape index (κ2) is 7.79. The molecule has 130 valence electrons. The lowest BCUT2D eigenvalue weighted by molar-refractivity contribution is -0.384. The van der Waals surface area contributed by atoms with Crippen LogP contribution in [-0.2, 0) is 0 Å². The van der Waals surface area contributed by atoms with Crippen molar-refractivity contribution in [1.29, 1.82) is 0 Å². The number of nitro benzene ring substituents is 1. The van der Waals surface area contributed by atoms with Gasteiger partial charge in [0.05, 0.1) is 16.3 Å². The van der Waals surface area contributed by atoms with E-state index in [1.54, 1.807) is 6.07 Å². The average molecular weight is 339 g/mol. The molecule has 1 fully saturated rings. The van der Waals surface area contributed by atoms with E-state index in [0.29, 0.717) is 0 Å². The Morgan fingerprint density at radius 3 is 2.44 bits per heavy atom. The van der Waals surface area contributed by atoms with Gasteiger partial charge in [0.1, 0.15) is 0 Å². The van der Waals surface area contributed by atoms with Crippen LogP contribution in [0, 0.1) is 10.1 Å². The third kappa shape index (κ3) is 4.15. The molecule has 0 atom stereocenters. The number of non-ortho nitro benzene ring substituents is 1. The second-order valence-electron chi connectivity index (χ2n) is 6.18. The summed E-state index contributed by atoms with van der Waals surface area (Å²) in [4.78, 5) is 25.2. The summed E-state index contributed by atoms with van der Waals surface area (Å²) in [6.07, 6.45) is 4.76. The minimum absolute atomic E-state index is 0.0894. The molecule has 1 aliphatic rings. The van der Waals surface area contributed by atoms with E-state index < -0.39 is 4.92 Å².